The topological polar surface area (TPSA) is 46.5 Å². The van der Waals surface area contributed by atoms with Gasteiger partial charge in [-0.25, -0.2) is 0 Å². The summed E-state index contributed by atoms with van der Waals surface area (Å²) in [5.41, 5.74) is -0.827. The minimum atomic E-state index is -0.542. The molecule has 3 heteroatoms. The smallest absolute Gasteiger partial charge is 0.312 e. The standard InChI is InChI=1S/C16H26O3/c1-9-5-6-10-12(9)13-11(7-8-15(10,2)18)16(13,3)14(17)19-4/h9-13,18H,5-8H2,1-4H3/t9-,10+,11-,12-,13-,15-,16+/m1/s1. The maximum atomic E-state index is 12.1. The largest absolute Gasteiger partial charge is 0.469 e. The number of fused-ring (bicyclic) bond motifs is 3. The number of ether oxygens (including phenoxy) is 1. The number of methoxy groups -OCH3 is 1. The Kier molecular flexibility index (Phi) is 2.80. The predicted octanol–water partition coefficient (Wildman–Crippen LogP) is 2.62. The van der Waals surface area contributed by atoms with Gasteiger partial charge in [-0.1, -0.05) is 13.3 Å². The molecule has 19 heavy (non-hydrogen) atoms. The van der Waals surface area contributed by atoms with Crippen molar-refractivity contribution in [3.05, 3.63) is 0 Å². The number of aliphatic hydroxyl groups is 1. The van der Waals surface area contributed by atoms with Crippen LogP contribution in [0.1, 0.15) is 46.5 Å². The second-order valence-electron chi connectivity index (χ2n) is 7.54. The molecular weight excluding hydrogens is 240 g/mol. The lowest BCUT2D eigenvalue weighted by atomic mass is 9.74. The van der Waals surface area contributed by atoms with E-state index < -0.39 is 5.60 Å². The fourth-order valence-electron chi connectivity index (χ4n) is 5.48. The molecule has 3 fully saturated rings. The summed E-state index contributed by atoms with van der Waals surface area (Å²) in [6.45, 7) is 6.37. The van der Waals surface area contributed by atoms with E-state index in [-0.39, 0.29) is 11.4 Å². The van der Waals surface area contributed by atoms with Gasteiger partial charge < -0.3 is 9.84 Å². The molecule has 0 unspecified atom stereocenters. The van der Waals surface area contributed by atoms with Crippen molar-refractivity contribution in [1.29, 1.82) is 0 Å². The van der Waals surface area contributed by atoms with Gasteiger partial charge in [0.1, 0.15) is 0 Å². The lowest BCUT2D eigenvalue weighted by Crippen LogP contribution is -2.39. The summed E-state index contributed by atoms with van der Waals surface area (Å²) in [5.74, 6) is 2.28. The first kappa shape index (κ1) is 13.4. The zero-order chi connectivity index (χ0) is 14.0. The molecule has 3 aliphatic carbocycles. The van der Waals surface area contributed by atoms with Crippen molar-refractivity contribution in [3.8, 4) is 0 Å². The van der Waals surface area contributed by atoms with Crippen molar-refractivity contribution in [2.24, 2.45) is 35.0 Å². The molecule has 0 amide bonds. The normalized spacial score (nSPS) is 55.9. The third-order valence-corrected chi connectivity index (χ3v) is 6.64. The van der Waals surface area contributed by atoms with Gasteiger partial charge in [-0.05, 0) is 62.7 Å². The summed E-state index contributed by atoms with van der Waals surface area (Å²) < 4.78 is 5.04. The van der Waals surface area contributed by atoms with Gasteiger partial charge >= 0.3 is 5.97 Å². The Morgan fingerprint density at radius 2 is 1.89 bits per heavy atom. The van der Waals surface area contributed by atoms with Gasteiger partial charge in [-0.3, -0.25) is 4.79 Å². The zero-order valence-electron chi connectivity index (χ0n) is 12.5. The van der Waals surface area contributed by atoms with E-state index in [1.165, 1.54) is 13.5 Å². The molecule has 3 rings (SSSR count). The summed E-state index contributed by atoms with van der Waals surface area (Å²) in [5, 5.41) is 10.7. The molecule has 7 atom stereocenters. The highest BCUT2D eigenvalue weighted by molar-refractivity contribution is 5.81. The van der Waals surface area contributed by atoms with Crippen molar-refractivity contribution in [3.63, 3.8) is 0 Å². The Morgan fingerprint density at radius 3 is 2.53 bits per heavy atom. The molecule has 3 saturated carbocycles. The number of rotatable bonds is 1. The van der Waals surface area contributed by atoms with Crippen molar-refractivity contribution in [1.82, 2.24) is 0 Å². The molecule has 0 aromatic rings. The monoisotopic (exact) mass is 266 g/mol. The van der Waals surface area contributed by atoms with Crippen LogP contribution in [0, 0.1) is 35.0 Å². The molecule has 108 valence electrons. The fraction of sp³-hybridized carbons (Fsp3) is 0.938. The summed E-state index contributed by atoms with van der Waals surface area (Å²) in [7, 11) is 1.50. The number of esters is 1. The van der Waals surface area contributed by atoms with Gasteiger partial charge in [0.15, 0.2) is 0 Å². The Hall–Kier alpha value is -0.570. The van der Waals surface area contributed by atoms with E-state index >= 15 is 0 Å². The van der Waals surface area contributed by atoms with Crippen LogP contribution in [0.2, 0.25) is 0 Å². The van der Waals surface area contributed by atoms with Crippen LogP contribution in [-0.2, 0) is 9.53 Å². The minimum Gasteiger partial charge on any atom is -0.469 e. The Bertz CT molecular complexity index is 403. The zero-order valence-corrected chi connectivity index (χ0v) is 12.5. The van der Waals surface area contributed by atoms with E-state index in [4.69, 9.17) is 4.74 Å². The molecule has 0 aromatic heterocycles. The summed E-state index contributed by atoms with van der Waals surface area (Å²) in [6.07, 6.45) is 4.09. The average molecular weight is 266 g/mol. The lowest BCUT2D eigenvalue weighted by molar-refractivity contribution is -0.148. The third kappa shape index (κ3) is 1.63. The minimum absolute atomic E-state index is 0.0399. The van der Waals surface area contributed by atoms with Crippen LogP contribution in [0.15, 0.2) is 0 Å². The first-order chi connectivity index (χ1) is 8.84. The van der Waals surface area contributed by atoms with Crippen molar-refractivity contribution in [2.75, 3.05) is 7.11 Å². The molecule has 0 radical (unpaired) electrons. The van der Waals surface area contributed by atoms with Crippen LogP contribution < -0.4 is 0 Å². The van der Waals surface area contributed by atoms with Crippen molar-refractivity contribution >= 4 is 5.97 Å². The van der Waals surface area contributed by atoms with E-state index in [0.29, 0.717) is 29.6 Å². The van der Waals surface area contributed by atoms with E-state index in [0.717, 1.165) is 19.3 Å². The molecule has 0 aromatic carbocycles. The number of carbonyl (C=O) groups is 1. The lowest BCUT2D eigenvalue weighted by Gasteiger charge is -2.35. The Balaban J connectivity index is 1.94. The molecule has 0 heterocycles. The predicted molar refractivity (Wildman–Crippen MR) is 72.3 cm³/mol. The molecule has 0 bridgehead atoms. The van der Waals surface area contributed by atoms with Gasteiger partial charge in [0.2, 0.25) is 0 Å². The quantitative estimate of drug-likeness (QED) is 0.742. The highest BCUT2D eigenvalue weighted by Gasteiger charge is 2.72. The maximum absolute atomic E-state index is 12.1. The fourth-order valence-corrected chi connectivity index (χ4v) is 5.48. The first-order valence-electron chi connectivity index (χ1n) is 7.65. The second-order valence-corrected chi connectivity index (χ2v) is 7.54. The van der Waals surface area contributed by atoms with Gasteiger partial charge in [0.25, 0.3) is 0 Å². The Morgan fingerprint density at radius 1 is 1.21 bits per heavy atom. The van der Waals surface area contributed by atoms with Crippen LogP contribution in [0.25, 0.3) is 0 Å². The highest BCUT2D eigenvalue weighted by Crippen LogP contribution is 2.71. The molecule has 3 nitrogen and oxygen atoms in total. The van der Waals surface area contributed by atoms with Gasteiger partial charge in [-0.2, -0.15) is 0 Å². The molecule has 3 aliphatic rings. The van der Waals surface area contributed by atoms with Crippen molar-refractivity contribution < 1.29 is 14.6 Å². The number of hydrogen-bond donors (Lipinski definition) is 1. The summed E-state index contributed by atoms with van der Waals surface area (Å²) in [6, 6.07) is 0. The molecular formula is C16H26O3. The summed E-state index contributed by atoms with van der Waals surface area (Å²) >= 11 is 0. The molecule has 0 aliphatic heterocycles. The van der Waals surface area contributed by atoms with E-state index in [2.05, 4.69) is 13.8 Å². The van der Waals surface area contributed by atoms with Crippen LogP contribution in [0.4, 0.5) is 0 Å². The van der Waals surface area contributed by atoms with Gasteiger partial charge in [0, 0.05) is 0 Å². The highest BCUT2D eigenvalue weighted by atomic mass is 16.5. The Labute approximate surface area is 115 Å². The third-order valence-electron chi connectivity index (χ3n) is 6.64. The first-order valence-corrected chi connectivity index (χ1v) is 7.65. The van der Waals surface area contributed by atoms with Crippen LogP contribution in [-0.4, -0.2) is 23.8 Å². The van der Waals surface area contributed by atoms with E-state index in [9.17, 15) is 9.90 Å². The molecule has 1 N–H and O–H groups in total. The second kappa shape index (κ2) is 3.97. The molecule has 0 spiro atoms. The number of hydrogen-bond acceptors (Lipinski definition) is 3. The maximum Gasteiger partial charge on any atom is 0.312 e. The number of carbonyl (C=O) groups excluding carboxylic acids is 1. The van der Waals surface area contributed by atoms with Crippen molar-refractivity contribution in [2.45, 2.75) is 52.1 Å². The molecule has 0 saturated heterocycles. The van der Waals surface area contributed by atoms with Gasteiger partial charge in [-0.15, -0.1) is 0 Å². The van der Waals surface area contributed by atoms with Crippen LogP contribution >= 0.6 is 0 Å². The SMILES string of the molecule is COC(=O)[C@]1(C)[C@H]2[C@@H]3[C@H](C)CC[C@@H]3[C@](C)(O)CC[C@H]21. The van der Waals surface area contributed by atoms with Crippen LogP contribution in [0.3, 0.4) is 0 Å². The van der Waals surface area contributed by atoms with E-state index in [1.54, 1.807) is 0 Å². The average Bonchev–Trinajstić information content (AvgIpc) is 2.80. The van der Waals surface area contributed by atoms with E-state index in [1.807, 2.05) is 6.92 Å². The van der Waals surface area contributed by atoms with Crippen LogP contribution in [0.5, 0.6) is 0 Å². The summed E-state index contributed by atoms with van der Waals surface area (Å²) in [4.78, 5) is 12.1. The van der Waals surface area contributed by atoms with Gasteiger partial charge in [0.05, 0.1) is 18.1 Å².